The van der Waals surface area contributed by atoms with Crippen LogP contribution < -0.4 is 4.90 Å². The minimum Gasteiger partial charge on any atom is -0.481 e. The van der Waals surface area contributed by atoms with Gasteiger partial charge in [0.05, 0.1) is 6.42 Å². The van der Waals surface area contributed by atoms with Crippen LogP contribution in [0.2, 0.25) is 0 Å². The van der Waals surface area contributed by atoms with Gasteiger partial charge in [-0.05, 0) is 60.7 Å². The maximum Gasteiger partial charge on any atom is 0.305 e. The van der Waals surface area contributed by atoms with Gasteiger partial charge in [0.2, 0.25) is 0 Å². The van der Waals surface area contributed by atoms with E-state index in [1.54, 1.807) is 54.5 Å². The Bertz CT molecular complexity index is 1460. The van der Waals surface area contributed by atoms with Gasteiger partial charge in [-0.2, -0.15) is 0 Å². The fraction of sp³-hybridized carbons (Fsp3) is 0.212. The van der Waals surface area contributed by atoms with Gasteiger partial charge in [0.25, 0.3) is 11.8 Å². The van der Waals surface area contributed by atoms with Crippen LogP contribution in [0.25, 0.3) is 11.1 Å². The highest BCUT2D eigenvalue weighted by Crippen LogP contribution is 2.30. The van der Waals surface area contributed by atoms with Gasteiger partial charge in [0.15, 0.2) is 0 Å². The Morgan fingerprint density at radius 2 is 1.35 bits per heavy atom. The molecule has 0 saturated carbocycles. The van der Waals surface area contributed by atoms with E-state index in [-0.39, 0.29) is 30.8 Å². The molecule has 0 aliphatic carbocycles. The Labute approximate surface area is 234 Å². The van der Waals surface area contributed by atoms with Crippen molar-refractivity contribution in [1.29, 1.82) is 0 Å². The number of aryl methyl sites for hydroxylation is 1. The maximum atomic E-state index is 14.1. The lowest BCUT2D eigenvalue weighted by atomic mass is 9.93. The Morgan fingerprint density at radius 3 is 1.95 bits per heavy atom. The summed E-state index contributed by atoms with van der Waals surface area (Å²) in [5.41, 5.74) is 3.24. The number of carbonyl (C=O) groups excluding carboxylic acids is 2. The second-order valence-electron chi connectivity index (χ2n) is 9.66. The molecule has 40 heavy (non-hydrogen) atoms. The largest absolute Gasteiger partial charge is 0.481 e. The number of aliphatic carboxylic acids is 1. The molecule has 1 unspecified atom stereocenters. The maximum absolute atomic E-state index is 14.1. The van der Waals surface area contributed by atoms with Crippen molar-refractivity contribution in [3.05, 3.63) is 120 Å². The Hall–Kier alpha value is -4.78. The first-order chi connectivity index (χ1) is 19.4. The van der Waals surface area contributed by atoms with Crippen molar-refractivity contribution in [2.75, 3.05) is 18.5 Å². The van der Waals surface area contributed by atoms with E-state index in [0.717, 1.165) is 12.0 Å². The summed E-state index contributed by atoms with van der Waals surface area (Å²) in [5, 5.41) is 9.40. The molecule has 4 aromatic rings. The second-order valence-corrected chi connectivity index (χ2v) is 9.66. The van der Waals surface area contributed by atoms with Gasteiger partial charge in [-0.25, -0.2) is 4.98 Å². The fourth-order valence-corrected chi connectivity index (χ4v) is 4.71. The molecule has 0 spiro atoms. The van der Waals surface area contributed by atoms with Crippen LogP contribution in [-0.4, -0.2) is 52.4 Å². The quantitative estimate of drug-likeness (QED) is 0.256. The zero-order chi connectivity index (χ0) is 28.5. The normalized spacial score (nSPS) is 11.4. The molecule has 7 heteroatoms. The van der Waals surface area contributed by atoms with E-state index in [9.17, 15) is 19.5 Å². The van der Waals surface area contributed by atoms with Gasteiger partial charge >= 0.3 is 5.97 Å². The van der Waals surface area contributed by atoms with Crippen molar-refractivity contribution in [3.8, 4) is 11.1 Å². The van der Waals surface area contributed by atoms with Gasteiger partial charge < -0.3 is 10.0 Å². The predicted molar refractivity (Wildman–Crippen MR) is 156 cm³/mol. The van der Waals surface area contributed by atoms with E-state index < -0.39 is 5.97 Å². The van der Waals surface area contributed by atoms with Gasteiger partial charge in [-0.3, -0.25) is 19.3 Å². The second kappa shape index (κ2) is 13.3. The molecule has 0 saturated heterocycles. The molecule has 0 aliphatic heterocycles. The van der Waals surface area contributed by atoms with Crippen LogP contribution in [0.4, 0.5) is 5.82 Å². The predicted octanol–water partition coefficient (Wildman–Crippen LogP) is 5.96. The number of pyridine rings is 1. The first kappa shape index (κ1) is 28.2. The first-order valence-electron chi connectivity index (χ1n) is 13.3. The molecular formula is C33H33N3O4. The molecule has 204 valence electrons. The smallest absolute Gasteiger partial charge is 0.305 e. The minimum absolute atomic E-state index is 0.0848. The minimum atomic E-state index is -0.963. The number of aromatic nitrogens is 1. The number of hydrogen-bond acceptors (Lipinski definition) is 4. The van der Waals surface area contributed by atoms with Crippen LogP contribution in [0.1, 0.15) is 46.0 Å². The number of anilines is 1. The lowest BCUT2D eigenvalue weighted by molar-refractivity contribution is -0.137. The summed E-state index contributed by atoms with van der Waals surface area (Å²) < 4.78 is 0. The molecule has 7 nitrogen and oxygen atoms in total. The number of nitrogens with zero attached hydrogens (tertiary/aromatic N) is 3. The van der Waals surface area contributed by atoms with Gasteiger partial charge in [-0.1, -0.05) is 72.8 Å². The summed E-state index contributed by atoms with van der Waals surface area (Å²) in [6.07, 6.45) is 2.91. The molecule has 0 fully saturated rings. The fourth-order valence-electron chi connectivity index (χ4n) is 4.71. The van der Waals surface area contributed by atoms with E-state index in [2.05, 4.69) is 4.98 Å². The van der Waals surface area contributed by atoms with Crippen molar-refractivity contribution in [2.45, 2.75) is 32.2 Å². The van der Waals surface area contributed by atoms with E-state index in [1.165, 1.54) is 4.90 Å². The van der Waals surface area contributed by atoms with E-state index in [4.69, 9.17) is 0 Å². The van der Waals surface area contributed by atoms with Crippen molar-refractivity contribution in [3.63, 3.8) is 0 Å². The van der Waals surface area contributed by atoms with E-state index in [1.807, 2.05) is 67.6 Å². The lowest BCUT2D eigenvalue weighted by Crippen LogP contribution is -2.40. The molecular weight excluding hydrogens is 502 g/mol. The molecule has 1 atom stereocenters. The average molecular weight is 536 g/mol. The summed E-state index contributed by atoms with van der Waals surface area (Å²) in [5.74, 6) is -0.971. The highest BCUT2D eigenvalue weighted by molar-refractivity contribution is 6.11. The topological polar surface area (TPSA) is 90.8 Å². The molecule has 1 heterocycles. The molecule has 4 rings (SSSR count). The zero-order valence-corrected chi connectivity index (χ0v) is 22.7. The summed E-state index contributed by atoms with van der Waals surface area (Å²) >= 11 is 0. The van der Waals surface area contributed by atoms with Gasteiger partial charge in [0, 0.05) is 37.0 Å². The average Bonchev–Trinajstić information content (AvgIpc) is 3.00. The summed E-state index contributed by atoms with van der Waals surface area (Å²) in [4.78, 5) is 46.5. The van der Waals surface area contributed by atoms with E-state index >= 15 is 0 Å². The van der Waals surface area contributed by atoms with Gasteiger partial charge in [0.1, 0.15) is 5.82 Å². The third-order valence-electron chi connectivity index (χ3n) is 6.96. The van der Waals surface area contributed by atoms with Crippen LogP contribution in [0.15, 0.2) is 103 Å². The number of carboxylic acids is 1. The lowest BCUT2D eigenvalue weighted by Gasteiger charge is -2.30. The molecule has 0 bridgehead atoms. The Kier molecular flexibility index (Phi) is 9.41. The summed E-state index contributed by atoms with van der Waals surface area (Å²) in [7, 11) is 1.67. The number of rotatable bonds is 11. The van der Waals surface area contributed by atoms with Crippen LogP contribution in [0.3, 0.4) is 0 Å². The van der Waals surface area contributed by atoms with Crippen molar-refractivity contribution >= 4 is 23.6 Å². The monoisotopic (exact) mass is 535 g/mol. The molecule has 0 radical (unpaired) electrons. The molecule has 2 amide bonds. The van der Waals surface area contributed by atoms with Gasteiger partial charge in [-0.15, -0.1) is 0 Å². The summed E-state index contributed by atoms with van der Waals surface area (Å²) in [6.45, 7) is 2.03. The highest BCUT2D eigenvalue weighted by Gasteiger charge is 2.26. The first-order valence-corrected chi connectivity index (χ1v) is 13.3. The van der Waals surface area contributed by atoms with Crippen molar-refractivity contribution < 1.29 is 19.5 Å². The Morgan fingerprint density at radius 1 is 0.775 bits per heavy atom. The third kappa shape index (κ3) is 6.80. The SMILES string of the molecule is CC(CCc1ccccc1)N(CCC(=O)O)C(=O)c1ccccc1-c1ccccc1C(=O)N(C)c1ccccn1. The van der Waals surface area contributed by atoms with Crippen LogP contribution >= 0.6 is 0 Å². The third-order valence-corrected chi connectivity index (χ3v) is 6.96. The zero-order valence-electron chi connectivity index (χ0n) is 22.7. The number of carbonyl (C=O) groups is 3. The number of carboxylic acid groups (broad SMARTS) is 1. The van der Waals surface area contributed by atoms with E-state index in [0.29, 0.717) is 34.5 Å². The number of benzene rings is 3. The molecule has 1 N–H and O–H groups in total. The summed E-state index contributed by atoms with van der Waals surface area (Å²) in [6, 6.07) is 29.5. The molecule has 0 aliphatic rings. The highest BCUT2D eigenvalue weighted by atomic mass is 16.4. The standard InChI is InChI=1S/C33H33N3O4/c1-24(19-20-25-12-4-3-5-13-25)36(23-21-31(37)38)33(40)29-17-9-7-15-27(29)26-14-6-8-16-28(26)32(39)35(2)30-18-10-11-22-34-30/h3-18,22,24H,19-21,23H2,1-2H3,(H,37,38). The number of amides is 2. The molecule has 3 aromatic carbocycles. The van der Waals surface area contributed by atoms with Crippen LogP contribution in [0, 0.1) is 0 Å². The molecule has 1 aromatic heterocycles. The van der Waals surface area contributed by atoms with Crippen LogP contribution in [0.5, 0.6) is 0 Å². The van der Waals surface area contributed by atoms with Crippen LogP contribution in [-0.2, 0) is 11.2 Å². The number of hydrogen-bond donors (Lipinski definition) is 1. The van der Waals surface area contributed by atoms with Crippen molar-refractivity contribution in [1.82, 2.24) is 9.88 Å². The van der Waals surface area contributed by atoms with Crippen molar-refractivity contribution in [2.24, 2.45) is 0 Å². The Balaban J connectivity index is 1.67.